The van der Waals surface area contributed by atoms with Crippen LogP contribution in [0, 0.1) is 6.92 Å². The van der Waals surface area contributed by atoms with Gasteiger partial charge in [-0.15, -0.1) is 11.3 Å². The number of benzene rings is 1. The number of carbonyl (C=O) groups excluding carboxylic acids is 3. The Morgan fingerprint density at radius 3 is 2.46 bits per heavy atom. The quantitative estimate of drug-likeness (QED) is 0.537. The Bertz CT molecular complexity index is 861. The number of amides is 2. The molecular weight excluding hydrogens is 382 g/mol. The Kier molecular flexibility index (Phi) is 7.53. The van der Waals surface area contributed by atoms with E-state index in [2.05, 4.69) is 5.32 Å². The van der Waals surface area contributed by atoms with Crippen LogP contribution in [0.4, 0.5) is 5.00 Å². The van der Waals surface area contributed by atoms with Crippen LogP contribution in [0.2, 0.25) is 0 Å². The normalized spacial score (nSPS) is 10.4. The first-order valence-corrected chi connectivity index (χ1v) is 9.53. The lowest BCUT2D eigenvalue weighted by Crippen LogP contribution is -2.84. The molecule has 1 heterocycles. The third-order valence-corrected chi connectivity index (χ3v) is 5.19. The van der Waals surface area contributed by atoms with Gasteiger partial charge in [-0.1, -0.05) is 0 Å². The fourth-order valence-corrected chi connectivity index (χ4v) is 3.66. The average Bonchev–Trinajstić information content (AvgIpc) is 2.98. The predicted octanol–water partition coefficient (Wildman–Crippen LogP) is 1.04. The Morgan fingerprint density at radius 2 is 1.89 bits per heavy atom. The largest absolute Gasteiger partial charge is 0.497 e. The molecular formula is C19H24N3O5S+. The van der Waals surface area contributed by atoms with Gasteiger partial charge in [0.2, 0.25) is 0 Å². The molecule has 0 aliphatic carbocycles. The molecule has 0 aliphatic rings. The van der Waals surface area contributed by atoms with E-state index in [0.29, 0.717) is 12.1 Å². The molecule has 150 valence electrons. The number of anilines is 1. The minimum absolute atomic E-state index is 0.150. The summed E-state index contributed by atoms with van der Waals surface area (Å²) in [5, 5.41) is 4.79. The highest BCUT2D eigenvalue weighted by molar-refractivity contribution is 7.18. The highest BCUT2D eigenvalue weighted by Gasteiger charge is 2.25. The number of esters is 1. The van der Waals surface area contributed by atoms with Gasteiger partial charge in [-0.3, -0.25) is 9.59 Å². The second-order valence-corrected chi connectivity index (χ2v) is 6.96. The van der Waals surface area contributed by atoms with E-state index in [0.717, 1.165) is 22.6 Å². The number of nitrogens with two attached hydrogens (primary N) is 2. The summed E-state index contributed by atoms with van der Waals surface area (Å²) in [6.45, 7) is 4.23. The molecule has 0 unspecified atom stereocenters. The van der Waals surface area contributed by atoms with Crippen molar-refractivity contribution < 1.29 is 29.2 Å². The number of hydrogen-bond donors (Lipinski definition) is 3. The zero-order chi connectivity index (χ0) is 20.7. The molecule has 2 rings (SSSR count). The van der Waals surface area contributed by atoms with Crippen LogP contribution < -0.4 is 21.1 Å². The van der Waals surface area contributed by atoms with Gasteiger partial charge in [-0.05, 0) is 43.7 Å². The number of hydrogen-bond acceptors (Lipinski definition) is 6. The van der Waals surface area contributed by atoms with Crippen molar-refractivity contribution in [1.82, 2.24) is 0 Å². The second-order valence-electron chi connectivity index (χ2n) is 5.94. The van der Waals surface area contributed by atoms with Crippen LogP contribution in [0.15, 0.2) is 24.3 Å². The summed E-state index contributed by atoms with van der Waals surface area (Å²) in [6.07, 6.45) is 0. The van der Waals surface area contributed by atoms with Crippen molar-refractivity contribution in [3.8, 4) is 5.75 Å². The van der Waals surface area contributed by atoms with E-state index >= 15 is 0 Å². The van der Waals surface area contributed by atoms with Gasteiger partial charge in [0, 0.05) is 5.56 Å². The van der Waals surface area contributed by atoms with E-state index < -0.39 is 11.9 Å². The summed E-state index contributed by atoms with van der Waals surface area (Å²) >= 11 is 0.976. The molecule has 0 fully saturated rings. The summed E-state index contributed by atoms with van der Waals surface area (Å²) in [6, 6.07) is 7.56. The molecule has 2 amide bonds. The lowest BCUT2D eigenvalue weighted by atomic mass is 10.1. The number of quaternary nitrogens is 1. The maximum Gasteiger partial charge on any atom is 0.341 e. The van der Waals surface area contributed by atoms with E-state index in [1.807, 2.05) is 29.6 Å². The molecule has 0 spiro atoms. The van der Waals surface area contributed by atoms with E-state index in [1.54, 1.807) is 21.0 Å². The number of ether oxygens (including phenoxy) is 2. The Balaban J connectivity index is 2.02. The SMILES string of the molecule is CCOC(=O)c1c(NC(=O)C[NH2+]Cc2ccc(OC)cc2)sc(C(N)=O)c1C. The van der Waals surface area contributed by atoms with Crippen molar-refractivity contribution in [2.75, 3.05) is 25.6 Å². The van der Waals surface area contributed by atoms with Gasteiger partial charge in [0.1, 0.15) is 17.3 Å². The number of nitrogens with one attached hydrogen (secondary N) is 1. The molecule has 0 saturated carbocycles. The topological polar surface area (TPSA) is 124 Å². The standard InChI is InChI=1S/C19H23N3O5S/c1-4-27-19(25)15-11(2)16(17(20)24)28-18(15)22-14(23)10-21-9-12-5-7-13(26-3)8-6-12/h5-8,21H,4,9-10H2,1-3H3,(H2,20,24)(H,22,23)/p+1. The molecule has 2 aromatic rings. The van der Waals surface area contributed by atoms with Crippen LogP contribution in [-0.2, 0) is 16.1 Å². The average molecular weight is 406 g/mol. The second kappa shape index (κ2) is 9.86. The fraction of sp³-hybridized carbons (Fsp3) is 0.316. The van der Waals surface area contributed by atoms with Crippen LogP contribution in [0.3, 0.4) is 0 Å². The van der Waals surface area contributed by atoms with Crippen molar-refractivity contribution in [3.63, 3.8) is 0 Å². The van der Waals surface area contributed by atoms with Gasteiger partial charge < -0.3 is 25.8 Å². The minimum Gasteiger partial charge on any atom is -0.497 e. The molecule has 1 aromatic heterocycles. The monoisotopic (exact) mass is 406 g/mol. The first-order chi connectivity index (χ1) is 13.4. The van der Waals surface area contributed by atoms with E-state index in [-0.39, 0.29) is 34.5 Å². The molecule has 0 bridgehead atoms. The predicted molar refractivity (Wildman–Crippen MR) is 106 cm³/mol. The van der Waals surface area contributed by atoms with Crippen LogP contribution >= 0.6 is 11.3 Å². The first kappa shape index (κ1) is 21.4. The summed E-state index contributed by atoms with van der Waals surface area (Å²) in [5.41, 5.74) is 6.98. The summed E-state index contributed by atoms with van der Waals surface area (Å²) in [5.74, 6) is -0.775. The van der Waals surface area contributed by atoms with Gasteiger partial charge in [-0.25, -0.2) is 4.79 Å². The zero-order valence-electron chi connectivity index (χ0n) is 16.0. The van der Waals surface area contributed by atoms with Crippen molar-refractivity contribution in [2.45, 2.75) is 20.4 Å². The number of thiophene rings is 1. The summed E-state index contributed by atoms with van der Waals surface area (Å²) in [4.78, 5) is 36.3. The third-order valence-electron chi connectivity index (χ3n) is 3.97. The molecule has 0 aliphatic heterocycles. The van der Waals surface area contributed by atoms with Crippen LogP contribution in [-0.4, -0.2) is 38.0 Å². The van der Waals surface area contributed by atoms with E-state index in [9.17, 15) is 14.4 Å². The molecule has 0 saturated heterocycles. The van der Waals surface area contributed by atoms with Crippen molar-refractivity contribution >= 4 is 34.1 Å². The van der Waals surface area contributed by atoms with Crippen molar-refractivity contribution in [1.29, 1.82) is 0 Å². The number of carbonyl (C=O) groups is 3. The van der Waals surface area contributed by atoms with Crippen molar-refractivity contribution in [2.24, 2.45) is 5.73 Å². The van der Waals surface area contributed by atoms with E-state index in [4.69, 9.17) is 15.2 Å². The number of rotatable bonds is 9. The van der Waals surface area contributed by atoms with Gasteiger partial charge in [-0.2, -0.15) is 0 Å². The van der Waals surface area contributed by atoms with Crippen LogP contribution in [0.5, 0.6) is 5.75 Å². The maximum absolute atomic E-state index is 12.3. The van der Waals surface area contributed by atoms with Gasteiger partial charge in [0.05, 0.1) is 24.2 Å². The highest BCUT2D eigenvalue weighted by Crippen LogP contribution is 2.33. The highest BCUT2D eigenvalue weighted by atomic mass is 32.1. The molecule has 5 N–H and O–H groups in total. The third kappa shape index (κ3) is 5.30. The van der Waals surface area contributed by atoms with Gasteiger partial charge in [0.15, 0.2) is 6.54 Å². The Morgan fingerprint density at radius 1 is 1.21 bits per heavy atom. The first-order valence-electron chi connectivity index (χ1n) is 8.72. The smallest absolute Gasteiger partial charge is 0.341 e. The Hall–Kier alpha value is -2.91. The maximum atomic E-state index is 12.3. The van der Waals surface area contributed by atoms with Crippen LogP contribution in [0.25, 0.3) is 0 Å². The zero-order valence-corrected chi connectivity index (χ0v) is 16.9. The summed E-state index contributed by atoms with van der Waals surface area (Å²) < 4.78 is 10.1. The number of methoxy groups -OCH3 is 1. The van der Waals surface area contributed by atoms with Crippen molar-refractivity contribution in [3.05, 3.63) is 45.8 Å². The molecule has 0 radical (unpaired) electrons. The van der Waals surface area contributed by atoms with Gasteiger partial charge >= 0.3 is 5.97 Å². The van der Waals surface area contributed by atoms with Crippen LogP contribution in [0.1, 0.15) is 38.1 Å². The minimum atomic E-state index is -0.653. The molecule has 28 heavy (non-hydrogen) atoms. The van der Waals surface area contributed by atoms with Gasteiger partial charge in [0.25, 0.3) is 11.8 Å². The molecule has 8 nitrogen and oxygen atoms in total. The lowest BCUT2D eigenvalue weighted by Gasteiger charge is -2.07. The van der Waals surface area contributed by atoms with E-state index in [1.165, 1.54) is 0 Å². The lowest BCUT2D eigenvalue weighted by molar-refractivity contribution is -0.659. The number of primary amides is 1. The molecule has 0 atom stereocenters. The Labute approximate surface area is 167 Å². The fourth-order valence-electron chi connectivity index (χ4n) is 2.59. The molecule has 1 aromatic carbocycles. The summed E-state index contributed by atoms with van der Waals surface area (Å²) in [7, 11) is 1.60. The molecule has 9 heteroatoms.